The van der Waals surface area contributed by atoms with Crippen LogP contribution in [0.4, 0.5) is 0 Å². The van der Waals surface area contributed by atoms with Gasteiger partial charge in [-0.15, -0.1) is 0 Å². The number of carbonyl (C=O) groups is 1. The second-order valence-corrected chi connectivity index (χ2v) is 8.09. The molecule has 6 nitrogen and oxygen atoms in total. The van der Waals surface area contributed by atoms with Crippen molar-refractivity contribution in [2.75, 3.05) is 5.75 Å². The van der Waals surface area contributed by atoms with Crippen molar-refractivity contribution >= 4 is 16.8 Å². The summed E-state index contributed by atoms with van der Waals surface area (Å²) in [6.07, 6.45) is -0.691. The van der Waals surface area contributed by atoms with Crippen molar-refractivity contribution in [3.63, 3.8) is 0 Å². The van der Waals surface area contributed by atoms with Gasteiger partial charge in [0.1, 0.15) is 0 Å². The molecule has 0 aliphatic rings. The van der Waals surface area contributed by atoms with E-state index in [4.69, 9.17) is 9.26 Å². The molecular formula is C17H22N2O4S. The quantitative estimate of drug-likeness (QED) is 0.769. The maximum absolute atomic E-state index is 12.4. The van der Waals surface area contributed by atoms with Crippen molar-refractivity contribution in [1.29, 1.82) is 0 Å². The number of rotatable bonds is 5. The molecule has 0 aliphatic heterocycles. The average Bonchev–Trinajstić information content (AvgIpc) is 3.04. The molecule has 0 amide bonds. The Hall–Kier alpha value is -2.02. The van der Waals surface area contributed by atoms with Gasteiger partial charge < -0.3 is 9.26 Å². The molecule has 1 aromatic carbocycles. The molecule has 2 atom stereocenters. The standard InChI is InChI=1S/C17H22N2O4S/c1-6-24(21)13-10-8-7-9-12(13)15(20)22-11(2)14-18-16(19-23-14)17(3,4)5/h7-11H,6H2,1-5H3. The van der Waals surface area contributed by atoms with Gasteiger partial charge in [0.05, 0.1) is 21.3 Å². The maximum Gasteiger partial charge on any atom is 0.340 e. The van der Waals surface area contributed by atoms with Gasteiger partial charge in [0.25, 0.3) is 5.89 Å². The van der Waals surface area contributed by atoms with Gasteiger partial charge in [0.15, 0.2) is 11.9 Å². The second kappa shape index (κ2) is 7.25. The van der Waals surface area contributed by atoms with Crippen LogP contribution in [0.1, 0.15) is 62.8 Å². The highest BCUT2D eigenvalue weighted by Crippen LogP contribution is 2.24. The van der Waals surface area contributed by atoms with Crippen LogP contribution in [-0.4, -0.2) is 26.1 Å². The zero-order valence-corrected chi connectivity index (χ0v) is 15.3. The van der Waals surface area contributed by atoms with E-state index < -0.39 is 22.9 Å². The number of hydrogen-bond acceptors (Lipinski definition) is 6. The highest BCUT2D eigenvalue weighted by Gasteiger charge is 2.26. The van der Waals surface area contributed by atoms with Gasteiger partial charge in [-0.25, -0.2) is 4.79 Å². The molecular weight excluding hydrogens is 328 g/mol. The van der Waals surface area contributed by atoms with E-state index in [9.17, 15) is 9.00 Å². The summed E-state index contributed by atoms with van der Waals surface area (Å²) in [5.41, 5.74) is 0.0379. The average molecular weight is 350 g/mol. The molecule has 0 bridgehead atoms. The molecule has 7 heteroatoms. The Kier molecular flexibility index (Phi) is 5.54. The minimum atomic E-state index is -1.24. The zero-order chi connectivity index (χ0) is 17.9. The molecule has 0 saturated heterocycles. The van der Waals surface area contributed by atoms with Crippen LogP contribution < -0.4 is 0 Å². The minimum Gasteiger partial charge on any atom is -0.449 e. The summed E-state index contributed by atoms with van der Waals surface area (Å²) in [6, 6.07) is 6.73. The first kappa shape index (κ1) is 18.3. The van der Waals surface area contributed by atoms with Crippen LogP contribution in [0.25, 0.3) is 0 Å². The first-order chi connectivity index (χ1) is 11.2. The third-order valence-corrected chi connectivity index (χ3v) is 4.73. The molecule has 0 saturated carbocycles. The van der Waals surface area contributed by atoms with Gasteiger partial charge in [-0.3, -0.25) is 4.21 Å². The van der Waals surface area contributed by atoms with Crippen molar-refractivity contribution < 1.29 is 18.3 Å². The fourth-order valence-electron chi connectivity index (χ4n) is 1.97. The lowest BCUT2D eigenvalue weighted by Gasteiger charge is -2.12. The molecule has 2 aromatic rings. The van der Waals surface area contributed by atoms with Crippen LogP contribution in [0.5, 0.6) is 0 Å². The van der Waals surface area contributed by atoms with E-state index in [1.54, 1.807) is 38.1 Å². The highest BCUT2D eigenvalue weighted by atomic mass is 32.2. The smallest absolute Gasteiger partial charge is 0.340 e. The van der Waals surface area contributed by atoms with Gasteiger partial charge in [-0.2, -0.15) is 4.98 Å². The van der Waals surface area contributed by atoms with Crippen LogP contribution in [0, 0.1) is 0 Å². The van der Waals surface area contributed by atoms with Crippen molar-refractivity contribution in [2.45, 2.75) is 51.0 Å². The van der Waals surface area contributed by atoms with Crippen LogP contribution in [0.15, 0.2) is 33.7 Å². The van der Waals surface area contributed by atoms with Gasteiger partial charge in [0, 0.05) is 11.2 Å². The Bertz CT molecular complexity index is 749. The van der Waals surface area contributed by atoms with Crippen LogP contribution in [-0.2, 0) is 21.0 Å². The number of carbonyl (C=O) groups excluding carboxylic acids is 1. The van der Waals surface area contributed by atoms with E-state index in [0.29, 0.717) is 22.0 Å². The first-order valence-electron chi connectivity index (χ1n) is 7.76. The normalized spacial score (nSPS) is 14.2. The number of nitrogens with zero attached hydrogens (tertiary/aromatic N) is 2. The molecule has 1 heterocycles. The topological polar surface area (TPSA) is 82.3 Å². The van der Waals surface area contributed by atoms with Crippen molar-refractivity contribution in [2.24, 2.45) is 0 Å². The van der Waals surface area contributed by atoms with Crippen molar-refractivity contribution in [1.82, 2.24) is 10.1 Å². The van der Waals surface area contributed by atoms with E-state index in [1.807, 2.05) is 20.8 Å². The first-order valence-corrected chi connectivity index (χ1v) is 9.08. The zero-order valence-electron chi connectivity index (χ0n) is 14.5. The summed E-state index contributed by atoms with van der Waals surface area (Å²) < 4.78 is 22.7. The van der Waals surface area contributed by atoms with E-state index in [0.717, 1.165) is 0 Å². The molecule has 0 radical (unpaired) electrons. The molecule has 24 heavy (non-hydrogen) atoms. The molecule has 0 N–H and O–H groups in total. The summed E-state index contributed by atoms with van der Waals surface area (Å²) in [5, 5.41) is 3.92. The third kappa shape index (κ3) is 4.08. The predicted molar refractivity (Wildman–Crippen MR) is 90.2 cm³/mol. The summed E-state index contributed by atoms with van der Waals surface area (Å²) in [6.45, 7) is 9.36. The van der Waals surface area contributed by atoms with Gasteiger partial charge in [0.2, 0.25) is 0 Å². The summed E-state index contributed by atoms with van der Waals surface area (Å²) in [7, 11) is -1.24. The van der Waals surface area contributed by atoms with Crippen LogP contribution >= 0.6 is 0 Å². The van der Waals surface area contributed by atoms with E-state index >= 15 is 0 Å². The number of hydrogen-bond donors (Lipinski definition) is 0. The second-order valence-electron chi connectivity index (χ2n) is 6.38. The molecule has 1 aromatic heterocycles. The van der Waals surface area contributed by atoms with Gasteiger partial charge in [-0.05, 0) is 19.1 Å². The Morgan fingerprint density at radius 3 is 2.58 bits per heavy atom. The molecule has 0 aliphatic carbocycles. The molecule has 2 unspecified atom stereocenters. The fraction of sp³-hybridized carbons (Fsp3) is 0.471. The molecule has 130 valence electrons. The van der Waals surface area contributed by atoms with Crippen molar-refractivity contribution in [3.8, 4) is 0 Å². The molecule has 0 spiro atoms. The Balaban J connectivity index is 2.18. The Morgan fingerprint density at radius 2 is 2.00 bits per heavy atom. The summed E-state index contributed by atoms with van der Waals surface area (Å²) in [4.78, 5) is 17.2. The monoisotopic (exact) mass is 350 g/mol. The lowest BCUT2D eigenvalue weighted by atomic mass is 9.96. The fourth-order valence-corrected chi connectivity index (χ4v) is 2.91. The predicted octanol–water partition coefficient (Wildman–Crippen LogP) is 3.41. The van der Waals surface area contributed by atoms with Crippen LogP contribution in [0.2, 0.25) is 0 Å². The summed E-state index contributed by atoms with van der Waals surface area (Å²) in [5.74, 6) is 0.656. The van der Waals surface area contributed by atoms with E-state index in [2.05, 4.69) is 10.1 Å². The lowest BCUT2D eigenvalue weighted by molar-refractivity contribution is 0.0261. The maximum atomic E-state index is 12.4. The number of ether oxygens (including phenoxy) is 1. The largest absolute Gasteiger partial charge is 0.449 e. The SMILES string of the molecule is CCS(=O)c1ccccc1C(=O)OC(C)c1nc(C(C)(C)C)no1. The lowest BCUT2D eigenvalue weighted by Crippen LogP contribution is -2.15. The minimum absolute atomic E-state index is 0.238. The number of aromatic nitrogens is 2. The Labute approximate surface area is 144 Å². The number of esters is 1. The van der Waals surface area contributed by atoms with E-state index in [-0.39, 0.29) is 11.3 Å². The Morgan fingerprint density at radius 1 is 1.33 bits per heavy atom. The molecule has 2 rings (SSSR count). The van der Waals surface area contributed by atoms with Crippen LogP contribution in [0.3, 0.4) is 0 Å². The number of benzene rings is 1. The van der Waals surface area contributed by atoms with E-state index in [1.165, 1.54) is 0 Å². The summed E-state index contributed by atoms with van der Waals surface area (Å²) >= 11 is 0. The van der Waals surface area contributed by atoms with Gasteiger partial charge >= 0.3 is 5.97 Å². The highest BCUT2D eigenvalue weighted by molar-refractivity contribution is 7.85. The third-order valence-electron chi connectivity index (χ3n) is 3.36. The van der Waals surface area contributed by atoms with Crippen molar-refractivity contribution in [3.05, 3.63) is 41.5 Å². The molecule has 0 fully saturated rings. The van der Waals surface area contributed by atoms with Gasteiger partial charge in [-0.1, -0.05) is 45.0 Å².